The Balaban J connectivity index is 3.40. The number of phenols is 1. The zero-order valence-corrected chi connectivity index (χ0v) is 5.50. The Morgan fingerprint density at radius 2 is 2.18 bits per heavy atom. The third kappa shape index (κ3) is 1.08. The highest BCUT2D eigenvalue weighted by Gasteiger charge is 2.08. The van der Waals surface area contributed by atoms with Gasteiger partial charge in [-0.1, -0.05) is 0 Å². The van der Waals surface area contributed by atoms with E-state index in [0.717, 1.165) is 0 Å². The molecule has 0 unspecified atom stereocenters. The number of anilines is 1. The number of nitrogens with two attached hydrogens (primary N) is 1. The van der Waals surface area contributed by atoms with Crippen LogP contribution in [-0.4, -0.2) is 5.11 Å². The Hall–Kier alpha value is -1.76. The maximum atomic E-state index is 12.7. The summed E-state index contributed by atoms with van der Waals surface area (Å²) in [6.07, 6.45) is 0. The fraction of sp³-hybridized carbons (Fsp3) is 0. The van der Waals surface area contributed by atoms with Crippen molar-refractivity contribution in [3.8, 4) is 11.8 Å². The van der Waals surface area contributed by atoms with Crippen LogP contribution in [0, 0.1) is 17.1 Å². The van der Waals surface area contributed by atoms with Gasteiger partial charge in [0, 0.05) is 0 Å². The van der Waals surface area contributed by atoms with Crippen LogP contribution in [0.3, 0.4) is 0 Å². The molecule has 0 aromatic heterocycles. The Morgan fingerprint density at radius 1 is 1.55 bits per heavy atom. The van der Waals surface area contributed by atoms with Gasteiger partial charge >= 0.3 is 0 Å². The number of phenolic OH excluding ortho intramolecular Hbond substituents is 1. The van der Waals surface area contributed by atoms with Gasteiger partial charge < -0.3 is 10.8 Å². The molecule has 3 nitrogen and oxygen atoms in total. The molecule has 0 saturated carbocycles. The average Bonchev–Trinajstić information content (AvgIpc) is 2.01. The van der Waals surface area contributed by atoms with E-state index in [1.54, 1.807) is 6.07 Å². The molecule has 0 radical (unpaired) electrons. The molecule has 0 amide bonds. The molecule has 1 rings (SSSR count). The normalized spacial score (nSPS) is 9.09. The van der Waals surface area contributed by atoms with E-state index in [1.807, 2.05) is 0 Å². The molecule has 0 aliphatic rings. The summed E-state index contributed by atoms with van der Waals surface area (Å²) in [6.45, 7) is 0. The van der Waals surface area contributed by atoms with E-state index in [2.05, 4.69) is 0 Å². The summed E-state index contributed by atoms with van der Waals surface area (Å²) < 4.78 is 12.7. The van der Waals surface area contributed by atoms with Gasteiger partial charge in [0.05, 0.1) is 11.3 Å². The lowest BCUT2D eigenvalue weighted by molar-refractivity contribution is 0.432. The quantitative estimate of drug-likeness (QED) is 0.544. The van der Waals surface area contributed by atoms with E-state index in [0.29, 0.717) is 0 Å². The summed E-state index contributed by atoms with van der Waals surface area (Å²) in [4.78, 5) is 0. The summed E-state index contributed by atoms with van der Waals surface area (Å²) in [7, 11) is 0. The van der Waals surface area contributed by atoms with Gasteiger partial charge in [0.2, 0.25) is 0 Å². The smallest absolute Gasteiger partial charge is 0.189 e. The first-order valence-corrected chi connectivity index (χ1v) is 2.84. The third-order valence-corrected chi connectivity index (χ3v) is 1.27. The Bertz CT molecular complexity index is 330. The molecular weight excluding hydrogens is 147 g/mol. The molecule has 0 fully saturated rings. The van der Waals surface area contributed by atoms with E-state index in [9.17, 15) is 4.39 Å². The number of halogens is 1. The minimum Gasteiger partial charge on any atom is -0.504 e. The zero-order valence-electron chi connectivity index (χ0n) is 5.50. The van der Waals surface area contributed by atoms with Crippen LogP contribution >= 0.6 is 0 Å². The molecule has 0 saturated heterocycles. The molecule has 56 valence electrons. The van der Waals surface area contributed by atoms with Gasteiger partial charge in [-0.05, 0) is 12.1 Å². The largest absolute Gasteiger partial charge is 0.504 e. The number of nitriles is 1. The number of rotatable bonds is 0. The molecule has 3 N–H and O–H groups in total. The fourth-order valence-electron chi connectivity index (χ4n) is 0.670. The summed E-state index contributed by atoms with van der Waals surface area (Å²) in [5.74, 6) is -1.63. The molecule has 1 aromatic carbocycles. The van der Waals surface area contributed by atoms with Crippen molar-refractivity contribution in [2.45, 2.75) is 0 Å². The van der Waals surface area contributed by atoms with Crippen LogP contribution in [0.4, 0.5) is 10.1 Å². The fourth-order valence-corrected chi connectivity index (χ4v) is 0.670. The molecule has 0 bridgehead atoms. The zero-order chi connectivity index (χ0) is 8.43. The minimum atomic E-state index is -0.941. The molecular formula is C7H5FN2O. The van der Waals surface area contributed by atoms with Gasteiger partial charge in [0.15, 0.2) is 11.6 Å². The Kier molecular flexibility index (Phi) is 1.65. The number of aromatic hydroxyl groups is 1. The van der Waals surface area contributed by atoms with Gasteiger partial charge in [0.1, 0.15) is 6.07 Å². The van der Waals surface area contributed by atoms with Crippen LogP contribution in [-0.2, 0) is 0 Å². The molecule has 0 aliphatic heterocycles. The van der Waals surface area contributed by atoms with E-state index in [-0.39, 0.29) is 11.3 Å². The second-order valence-electron chi connectivity index (χ2n) is 1.98. The van der Waals surface area contributed by atoms with E-state index >= 15 is 0 Å². The molecule has 4 heteroatoms. The van der Waals surface area contributed by atoms with Gasteiger partial charge in [-0.25, -0.2) is 4.39 Å². The maximum Gasteiger partial charge on any atom is 0.189 e. The average molecular weight is 152 g/mol. The van der Waals surface area contributed by atoms with Crippen molar-refractivity contribution in [1.82, 2.24) is 0 Å². The van der Waals surface area contributed by atoms with Crippen LogP contribution in [0.5, 0.6) is 5.75 Å². The summed E-state index contributed by atoms with van der Waals surface area (Å²) in [5, 5.41) is 17.2. The van der Waals surface area contributed by atoms with Crippen LogP contribution in [0.2, 0.25) is 0 Å². The maximum absolute atomic E-state index is 12.7. The molecule has 0 heterocycles. The van der Waals surface area contributed by atoms with Crippen molar-refractivity contribution >= 4 is 5.69 Å². The number of hydrogen-bond acceptors (Lipinski definition) is 3. The summed E-state index contributed by atoms with van der Waals surface area (Å²) >= 11 is 0. The SMILES string of the molecule is N#Cc1ccc(N)c(F)c1O. The number of hydrogen-bond donors (Lipinski definition) is 2. The first-order chi connectivity index (χ1) is 5.16. The molecule has 1 aromatic rings. The van der Waals surface area contributed by atoms with Crippen molar-refractivity contribution in [1.29, 1.82) is 5.26 Å². The summed E-state index contributed by atoms with van der Waals surface area (Å²) in [6, 6.07) is 4.11. The van der Waals surface area contributed by atoms with E-state index in [1.165, 1.54) is 12.1 Å². The minimum absolute atomic E-state index is 0.114. The van der Waals surface area contributed by atoms with Crippen molar-refractivity contribution in [3.63, 3.8) is 0 Å². The highest BCUT2D eigenvalue weighted by Crippen LogP contribution is 2.24. The number of benzene rings is 1. The summed E-state index contributed by atoms with van der Waals surface area (Å²) in [5.41, 5.74) is 4.82. The predicted molar refractivity (Wildman–Crippen MR) is 37.2 cm³/mol. The van der Waals surface area contributed by atoms with Gasteiger partial charge in [-0.15, -0.1) is 0 Å². The predicted octanol–water partition coefficient (Wildman–Crippen LogP) is 0.985. The van der Waals surface area contributed by atoms with E-state index < -0.39 is 11.6 Å². The Labute approximate surface area is 62.5 Å². The van der Waals surface area contributed by atoms with Crippen LogP contribution in [0.1, 0.15) is 5.56 Å². The molecule has 0 aliphatic carbocycles. The van der Waals surface area contributed by atoms with Crippen molar-refractivity contribution in [3.05, 3.63) is 23.5 Å². The van der Waals surface area contributed by atoms with Gasteiger partial charge in [-0.3, -0.25) is 0 Å². The lowest BCUT2D eigenvalue weighted by Crippen LogP contribution is -1.91. The van der Waals surface area contributed by atoms with Crippen molar-refractivity contribution in [2.24, 2.45) is 0 Å². The highest BCUT2D eigenvalue weighted by atomic mass is 19.1. The van der Waals surface area contributed by atoms with Crippen LogP contribution < -0.4 is 5.73 Å². The Morgan fingerprint density at radius 3 is 2.73 bits per heavy atom. The monoisotopic (exact) mass is 152 g/mol. The van der Waals surface area contributed by atoms with Crippen molar-refractivity contribution < 1.29 is 9.50 Å². The second kappa shape index (κ2) is 2.46. The third-order valence-electron chi connectivity index (χ3n) is 1.27. The van der Waals surface area contributed by atoms with Crippen LogP contribution in [0.15, 0.2) is 12.1 Å². The first-order valence-electron chi connectivity index (χ1n) is 2.84. The standard InChI is InChI=1S/C7H5FN2O/c8-6-5(10)2-1-4(3-9)7(6)11/h1-2,11H,10H2. The van der Waals surface area contributed by atoms with Crippen LogP contribution in [0.25, 0.3) is 0 Å². The topological polar surface area (TPSA) is 70.0 Å². The molecule has 0 spiro atoms. The first kappa shape index (κ1) is 7.35. The number of nitrogen functional groups attached to an aromatic ring is 1. The lowest BCUT2D eigenvalue weighted by Gasteiger charge is -1.99. The number of nitrogens with zero attached hydrogens (tertiary/aromatic N) is 1. The van der Waals surface area contributed by atoms with E-state index in [4.69, 9.17) is 16.1 Å². The van der Waals surface area contributed by atoms with Gasteiger partial charge in [0.25, 0.3) is 0 Å². The molecule has 11 heavy (non-hydrogen) atoms. The van der Waals surface area contributed by atoms with Crippen molar-refractivity contribution in [2.75, 3.05) is 5.73 Å². The second-order valence-corrected chi connectivity index (χ2v) is 1.98. The highest BCUT2D eigenvalue weighted by molar-refractivity contribution is 5.53. The van der Waals surface area contributed by atoms with Gasteiger partial charge in [-0.2, -0.15) is 5.26 Å². The lowest BCUT2D eigenvalue weighted by atomic mass is 10.2. The molecule has 0 atom stereocenters.